The topological polar surface area (TPSA) is 32.3 Å². The quantitative estimate of drug-likeness (QED) is 0.889. The van der Waals surface area contributed by atoms with Crippen LogP contribution in [0.15, 0.2) is 60.7 Å². The number of nitrogens with one attached hydrogen (secondary N) is 1. The number of hydrogen-bond donors (Lipinski definition) is 1. The van der Waals surface area contributed by atoms with Gasteiger partial charge in [-0.1, -0.05) is 60.7 Å². The molecule has 1 unspecified atom stereocenters. The first kappa shape index (κ1) is 15.1. The van der Waals surface area contributed by atoms with Crippen molar-refractivity contribution in [3.05, 3.63) is 71.8 Å². The molecule has 0 radical (unpaired) electrons. The first-order valence-corrected chi connectivity index (χ1v) is 8.59. The molecule has 0 aliphatic carbocycles. The van der Waals surface area contributed by atoms with E-state index < -0.39 is 0 Å². The van der Waals surface area contributed by atoms with Crippen LogP contribution in [0.25, 0.3) is 0 Å². The molecule has 1 heterocycles. The molecule has 0 spiro atoms. The third-order valence-electron chi connectivity index (χ3n) is 3.73. The van der Waals surface area contributed by atoms with Gasteiger partial charge in [0.2, 0.25) is 5.91 Å². The number of carbonyl (C=O) groups is 1. The van der Waals surface area contributed by atoms with Crippen molar-refractivity contribution in [1.29, 1.82) is 0 Å². The Kier molecular flexibility index (Phi) is 5.14. The van der Waals surface area contributed by atoms with Gasteiger partial charge in [0, 0.05) is 30.5 Å². The SMILES string of the molecule is O=C1CC(SCc2ccccc2)CN1NCc1ccccc1. The van der Waals surface area contributed by atoms with E-state index in [0.717, 1.165) is 12.3 Å². The molecule has 1 saturated heterocycles. The zero-order valence-electron chi connectivity index (χ0n) is 12.4. The minimum absolute atomic E-state index is 0.196. The molecule has 3 rings (SSSR count). The summed E-state index contributed by atoms with van der Waals surface area (Å²) in [7, 11) is 0. The lowest BCUT2D eigenvalue weighted by Gasteiger charge is -2.18. The average molecular weight is 312 g/mol. The Morgan fingerprint density at radius 1 is 1.00 bits per heavy atom. The molecule has 22 heavy (non-hydrogen) atoms. The van der Waals surface area contributed by atoms with Gasteiger partial charge >= 0.3 is 0 Å². The lowest BCUT2D eigenvalue weighted by molar-refractivity contribution is -0.130. The Morgan fingerprint density at radius 3 is 2.32 bits per heavy atom. The highest BCUT2D eigenvalue weighted by atomic mass is 32.2. The molecule has 1 N–H and O–H groups in total. The standard InChI is InChI=1S/C18H20N2OS/c21-18-11-17(22-14-16-9-5-2-6-10-16)13-20(18)19-12-15-7-3-1-4-8-15/h1-10,17,19H,11-14H2. The lowest BCUT2D eigenvalue weighted by atomic mass is 10.2. The molecule has 0 aromatic heterocycles. The van der Waals surface area contributed by atoms with Gasteiger partial charge in [-0.15, -0.1) is 0 Å². The number of hydrazine groups is 1. The maximum Gasteiger partial charge on any atom is 0.237 e. The second-order valence-electron chi connectivity index (χ2n) is 5.45. The van der Waals surface area contributed by atoms with Crippen molar-refractivity contribution in [2.24, 2.45) is 0 Å². The average Bonchev–Trinajstić information content (AvgIpc) is 2.93. The predicted molar refractivity (Wildman–Crippen MR) is 91.1 cm³/mol. The number of rotatable bonds is 6. The largest absolute Gasteiger partial charge is 0.277 e. The van der Waals surface area contributed by atoms with Crippen molar-refractivity contribution < 1.29 is 4.79 Å². The smallest absolute Gasteiger partial charge is 0.237 e. The fraction of sp³-hybridized carbons (Fsp3) is 0.278. The van der Waals surface area contributed by atoms with Crippen LogP contribution >= 0.6 is 11.8 Å². The Hall–Kier alpha value is -1.78. The van der Waals surface area contributed by atoms with Gasteiger partial charge in [-0.05, 0) is 11.1 Å². The molecule has 2 aromatic rings. The molecule has 1 aliphatic heterocycles. The van der Waals surface area contributed by atoms with Crippen LogP contribution in [0.5, 0.6) is 0 Å². The van der Waals surface area contributed by atoms with E-state index in [1.807, 2.05) is 36.0 Å². The first-order valence-electron chi connectivity index (χ1n) is 7.54. The number of hydrogen-bond acceptors (Lipinski definition) is 3. The van der Waals surface area contributed by atoms with E-state index in [2.05, 4.69) is 41.8 Å². The summed E-state index contributed by atoms with van der Waals surface area (Å²) in [6.45, 7) is 1.48. The van der Waals surface area contributed by atoms with E-state index in [1.54, 1.807) is 5.01 Å². The minimum Gasteiger partial charge on any atom is -0.277 e. The molecular formula is C18H20N2OS. The van der Waals surface area contributed by atoms with Crippen molar-refractivity contribution in [3.8, 4) is 0 Å². The summed E-state index contributed by atoms with van der Waals surface area (Å²) in [5.74, 6) is 1.16. The van der Waals surface area contributed by atoms with E-state index in [-0.39, 0.29) is 5.91 Å². The highest BCUT2D eigenvalue weighted by Crippen LogP contribution is 2.25. The molecule has 114 valence electrons. The second kappa shape index (κ2) is 7.47. The van der Waals surface area contributed by atoms with Crippen LogP contribution in [0.4, 0.5) is 0 Å². The van der Waals surface area contributed by atoms with Gasteiger partial charge in [-0.2, -0.15) is 11.8 Å². The van der Waals surface area contributed by atoms with E-state index in [0.29, 0.717) is 18.2 Å². The molecule has 1 aliphatic rings. The number of nitrogens with zero attached hydrogens (tertiary/aromatic N) is 1. The number of benzene rings is 2. The Morgan fingerprint density at radius 2 is 1.64 bits per heavy atom. The third-order valence-corrected chi connectivity index (χ3v) is 5.02. The summed E-state index contributed by atoms with van der Waals surface area (Å²) in [5.41, 5.74) is 5.75. The van der Waals surface area contributed by atoms with Crippen molar-refractivity contribution in [2.45, 2.75) is 24.0 Å². The summed E-state index contributed by atoms with van der Waals surface area (Å²) in [4.78, 5) is 12.1. The van der Waals surface area contributed by atoms with Gasteiger partial charge < -0.3 is 0 Å². The normalized spacial score (nSPS) is 17.9. The summed E-state index contributed by atoms with van der Waals surface area (Å²) in [6.07, 6.45) is 0.624. The summed E-state index contributed by atoms with van der Waals surface area (Å²) in [5, 5.41) is 2.14. The van der Waals surface area contributed by atoms with Crippen LogP contribution in [0, 0.1) is 0 Å². The van der Waals surface area contributed by atoms with E-state index >= 15 is 0 Å². The van der Waals surface area contributed by atoms with Crippen molar-refractivity contribution in [1.82, 2.24) is 10.4 Å². The van der Waals surface area contributed by atoms with Crippen molar-refractivity contribution >= 4 is 17.7 Å². The van der Waals surface area contributed by atoms with Crippen LogP contribution in [0.1, 0.15) is 17.5 Å². The van der Waals surface area contributed by atoms with Crippen molar-refractivity contribution in [2.75, 3.05) is 6.54 Å². The monoisotopic (exact) mass is 312 g/mol. The fourth-order valence-corrected chi connectivity index (χ4v) is 3.65. The molecule has 1 amide bonds. The van der Waals surface area contributed by atoms with Crippen LogP contribution in [0.3, 0.4) is 0 Å². The molecule has 2 aromatic carbocycles. The molecule has 4 heteroatoms. The van der Waals surface area contributed by atoms with Gasteiger partial charge in [-0.25, -0.2) is 5.43 Å². The highest BCUT2D eigenvalue weighted by molar-refractivity contribution is 7.99. The molecule has 3 nitrogen and oxygen atoms in total. The van der Waals surface area contributed by atoms with E-state index in [9.17, 15) is 4.79 Å². The summed E-state index contributed by atoms with van der Waals surface area (Å²) < 4.78 is 0. The number of amides is 1. The van der Waals surface area contributed by atoms with Gasteiger partial charge in [0.25, 0.3) is 0 Å². The minimum atomic E-state index is 0.196. The van der Waals surface area contributed by atoms with Gasteiger partial charge in [0.1, 0.15) is 0 Å². The number of carbonyl (C=O) groups excluding carboxylic acids is 1. The third kappa shape index (κ3) is 4.12. The van der Waals surface area contributed by atoms with Gasteiger partial charge in [0.05, 0.1) is 0 Å². The van der Waals surface area contributed by atoms with E-state index in [4.69, 9.17) is 0 Å². The zero-order chi connectivity index (χ0) is 15.2. The lowest BCUT2D eigenvalue weighted by Crippen LogP contribution is -2.38. The maximum atomic E-state index is 12.1. The molecule has 1 atom stereocenters. The molecule has 0 bridgehead atoms. The Labute approximate surface area is 135 Å². The summed E-state index contributed by atoms with van der Waals surface area (Å²) >= 11 is 1.86. The van der Waals surface area contributed by atoms with Crippen LogP contribution in [-0.2, 0) is 17.1 Å². The zero-order valence-corrected chi connectivity index (χ0v) is 13.3. The van der Waals surface area contributed by atoms with Gasteiger partial charge in [0.15, 0.2) is 0 Å². The fourth-order valence-electron chi connectivity index (χ4n) is 2.51. The first-order chi connectivity index (χ1) is 10.8. The molecular weight excluding hydrogens is 292 g/mol. The van der Waals surface area contributed by atoms with Crippen LogP contribution in [-0.4, -0.2) is 22.7 Å². The molecule has 1 fully saturated rings. The summed E-state index contributed by atoms with van der Waals surface area (Å²) in [6, 6.07) is 20.6. The Bertz CT molecular complexity index is 603. The Balaban J connectivity index is 1.46. The van der Waals surface area contributed by atoms with Crippen LogP contribution < -0.4 is 5.43 Å². The van der Waals surface area contributed by atoms with Gasteiger partial charge in [-0.3, -0.25) is 9.80 Å². The predicted octanol–water partition coefficient (Wildman–Crippen LogP) is 3.23. The second-order valence-corrected chi connectivity index (χ2v) is 6.74. The van der Waals surface area contributed by atoms with Crippen LogP contribution in [0.2, 0.25) is 0 Å². The number of thioether (sulfide) groups is 1. The maximum absolute atomic E-state index is 12.1. The molecule has 0 saturated carbocycles. The highest BCUT2D eigenvalue weighted by Gasteiger charge is 2.29. The van der Waals surface area contributed by atoms with E-state index in [1.165, 1.54) is 11.1 Å². The van der Waals surface area contributed by atoms with Crippen molar-refractivity contribution in [3.63, 3.8) is 0 Å².